The number of nitro groups is 1. The molecule has 2 aromatic rings. The monoisotopic (exact) mass is 252 g/mol. The van der Waals surface area contributed by atoms with Crippen LogP contribution in [-0.4, -0.2) is 14.7 Å². The van der Waals surface area contributed by atoms with Gasteiger partial charge in [-0.2, -0.15) is 5.10 Å². The van der Waals surface area contributed by atoms with Gasteiger partial charge in [0, 0.05) is 6.07 Å². The Morgan fingerprint density at radius 2 is 2.18 bits per heavy atom. The van der Waals surface area contributed by atoms with Gasteiger partial charge >= 0.3 is 0 Å². The molecule has 88 valence electrons. The minimum absolute atomic E-state index is 0.0403. The van der Waals surface area contributed by atoms with Gasteiger partial charge in [-0.15, -0.1) is 0 Å². The first-order valence-corrected chi connectivity index (χ1v) is 5.16. The zero-order valence-corrected chi connectivity index (χ0v) is 9.46. The van der Waals surface area contributed by atoms with Gasteiger partial charge < -0.3 is 5.73 Å². The van der Waals surface area contributed by atoms with E-state index in [1.807, 2.05) is 0 Å². The van der Waals surface area contributed by atoms with Crippen LogP contribution in [0.1, 0.15) is 5.56 Å². The van der Waals surface area contributed by atoms with Crippen molar-refractivity contribution >= 4 is 23.1 Å². The first kappa shape index (κ1) is 11.4. The minimum atomic E-state index is -0.434. The van der Waals surface area contributed by atoms with Crippen molar-refractivity contribution in [2.24, 2.45) is 0 Å². The molecular weight excluding hydrogens is 244 g/mol. The molecule has 1 aromatic heterocycles. The van der Waals surface area contributed by atoms with Crippen molar-refractivity contribution in [3.63, 3.8) is 0 Å². The molecule has 0 aliphatic heterocycles. The van der Waals surface area contributed by atoms with Crippen LogP contribution in [0.15, 0.2) is 30.5 Å². The summed E-state index contributed by atoms with van der Waals surface area (Å²) in [7, 11) is 0. The molecule has 0 aliphatic carbocycles. The summed E-state index contributed by atoms with van der Waals surface area (Å²) in [4.78, 5) is 10.4. The molecule has 6 nitrogen and oxygen atoms in total. The number of hydrogen-bond donors (Lipinski definition) is 1. The van der Waals surface area contributed by atoms with E-state index in [0.717, 1.165) is 0 Å². The standard InChI is InChI=1S/C10H9ClN4O2/c11-8-5-13-14(10(8)12)6-7-3-1-2-4-9(7)15(16)17/h1-5H,6,12H2. The number of benzene rings is 1. The van der Waals surface area contributed by atoms with E-state index in [1.165, 1.54) is 16.9 Å². The fourth-order valence-corrected chi connectivity index (χ4v) is 1.62. The van der Waals surface area contributed by atoms with Gasteiger partial charge in [0.2, 0.25) is 0 Å². The Hall–Kier alpha value is -2.08. The summed E-state index contributed by atoms with van der Waals surface area (Å²) in [5.74, 6) is 0.296. The van der Waals surface area contributed by atoms with Crippen molar-refractivity contribution in [2.45, 2.75) is 6.54 Å². The van der Waals surface area contributed by atoms with Gasteiger partial charge in [0.15, 0.2) is 0 Å². The van der Waals surface area contributed by atoms with E-state index in [-0.39, 0.29) is 12.2 Å². The van der Waals surface area contributed by atoms with Crippen LogP contribution in [0.25, 0.3) is 0 Å². The normalized spacial score (nSPS) is 10.4. The number of aromatic nitrogens is 2. The van der Waals surface area contributed by atoms with Crippen LogP contribution in [-0.2, 0) is 6.54 Å². The quantitative estimate of drug-likeness (QED) is 0.669. The first-order valence-electron chi connectivity index (χ1n) is 4.78. The van der Waals surface area contributed by atoms with Crippen LogP contribution in [0, 0.1) is 10.1 Å². The fraction of sp³-hybridized carbons (Fsp3) is 0.100. The third-order valence-electron chi connectivity index (χ3n) is 2.34. The van der Waals surface area contributed by atoms with Crippen molar-refractivity contribution in [1.82, 2.24) is 9.78 Å². The third kappa shape index (κ3) is 2.21. The van der Waals surface area contributed by atoms with Crippen LogP contribution in [0.3, 0.4) is 0 Å². The van der Waals surface area contributed by atoms with Crippen LogP contribution < -0.4 is 5.73 Å². The zero-order chi connectivity index (χ0) is 12.4. The zero-order valence-electron chi connectivity index (χ0n) is 8.71. The second-order valence-electron chi connectivity index (χ2n) is 3.42. The lowest BCUT2D eigenvalue weighted by Crippen LogP contribution is -2.07. The second kappa shape index (κ2) is 4.42. The summed E-state index contributed by atoms with van der Waals surface area (Å²) in [6.07, 6.45) is 1.41. The number of nitrogens with zero attached hydrogens (tertiary/aromatic N) is 3. The van der Waals surface area contributed by atoms with Crippen LogP contribution in [0.2, 0.25) is 5.02 Å². The predicted octanol–water partition coefficient (Wildman–Crippen LogP) is 2.08. The van der Waals surface area contributed by atoms with Crippen LogP contribution in [0.4, 0.5) is 11.5 Å². The maximum absolute atomic E-state index is 10.8. The Kier molecular flexibility index (Phi) is 2.97. The molecule has 1 aromatic carbocycles. The van der Waals surface area contributed by atoms with Gasteiger partial charge in [-0.05, 0) is 0 Å². The Bertz CT molecular complexity index is 567. The number of anilines is 1. The summed E-state index contributed by atoms with van der Waals surface area (Å²) < 4.78 is 1.42. The molecule has 2 N–H and O–H groups in total. The van der Waals surface area contributed by atoms with E-state index in [0.29, 0.717) is 16.4 Å². The van der Waals surface area contributed by atoms with E-state index >= 15 is 0 Å². The van der Waals surface area contributed by atoms with Crippen LogP contribution in [0.5, 0.6) is 0 Å². The number of hydrogen-bond acceptors (Lipinski definition) is 4. The molecule has 0 saturated carbocycles. The lowest BCUT2D eigenvalue weighted by molar-refractivity contribution is -0.385. The molecule has 0 saturated heterocycles. The molecule has 0 bridgehead atoms. The van der Waals surface area contributed by atoms with Gasteiger partial charge in [-0.3, -0.25) is 10.1 Å². The highest BCUT2D eigenvalue weighted by Crippen LogP contribution is 2.22. The molecule has 0 atom stereocenters. The summed E-state index contributed by atoms with van der Waals surface area (Å²) in [5.41, 5.74) is 6.25. The second-order valence-corrected chi connectivity index (χ2v) is 3.83. The lowest BCUT2D eigenvalue weighted by Gasteiger charge is -2.05. The van der Waals surface area contributed by atoms with Crippen molar-refractivity contribution in [3.05, 3.63) is 51.2 Å². The highest BCUT2D eigenvalue weighted by atomic mass is 35.5. The summed E-state index contributed by atoms with van der Waals surface area (Å²) in [6, 6.07) is 6.44. The molecule has 0 fully saturated rings. The smallest absolute Gasteiger partial charge is 0.274 e. The first-order chi connectivity index (χ1) is 8.09. The lowest BCUT2D eigenvalue weighted by atomic mass is 10.2. The molecule has 0 aliphatic rings. The Balaban J connectivity index is 2.36. The van der Waals surface area contributed by atoms with E-state index in [9.17, 15) is 10.1 Å². The summed E-state index contributed by atoms with van der Waals surface area (Å²) in [5, 5.41) is 15.1. The number of nitro benzene ring substituents is 1. The molecule has 0 unspecified atom stereocenters. The molecule has 0 radical (unpaired) electrons. The van der Waals surface area contributed by atoms with Crippen molar-refractivity contribution < 1.29 is 4.92 Å². The number of para-hydroxylation sites is 1. The number of nitrogen functional groups attached to an aromatic ring is 1. The van der Waals surface area contributed by atoms with Gasteiger partial charge in [0.25, 0.3) is 5.69 Å². The maximum Gasteiger partial charge on any atom is 0.274 e. The number of nitrogens with two attached hydrogens (primary N) is 1. The minimum Gasteiger partial charge on any atom is -0.383 e. The Morgan fingerprint density at radius 1 is 1.47 bits per heavy atom. The molecule has 17 heavy (non-hydrogen) atoms. The van der Waals surface area contributed by atoms with E-state index in [2.05, 4.69) is 5.10 Å². The molecule has 0 spiro atoms. The molecule has 1 heterocycles. The Labute approximate surface area is 102 Å². The van der Waals surface area contributed by atoms with Gasteiger partial charge in [-0.1, -0.05) is 29.8 Å². The third-order valence-corrected chi connectivity index (χ3v) is 2.63. The topological polar surface area (TPSA) is 87.0 Å². The van der Waals surface area contributed by atoms with Crippen molar-refractivity contribution in [2.75, 3.05) is 5.73 Å². The Morgan fingerprint density at radius 3 is 2.76 bits per heavy atom. The largest absolute Gasteiger partial charge is 0.383 e. The van der Waals surface area contributed by atoms with Crippen LogP contribution >= 0.6 is 11.6 Å². The average Bonchev–Trinajstić information content (AvgIpc) is 2.61. The molecular formula is C10H9ClN4O2. The van der Waals surface area contributed by atoms with E-state index in [1.54, 1.807) is 18.2 Å². The summed E-state index contributed by atoms with van der Waals surface area (Å²) >= 11 is 5.76. The van der Waals surface area contributed by atoms with Gasteiger partial charge in [0.05, 0.1) is 23.2 Å². The average molecular weight is 253 g/mol. The molecule has 2 rings (SSSR count). The fourth-order valence-electron chi connectivity index (χ4n) is 1.48. The predicted molar refractivity (Wildman–Crippen MR) is 63.8 cm³/mol. The number of rotatable bonds is 3. The summed E-state index contributed by atoms with van der Waals surface area (Å²) in [6.45, 7) is 0.218. The number of halogens is 1. The van der Waals surface area contributed by atoms with Gasteiger partial charge in [-0.25, -0.2) is 4.68 Å². The van der Waals surface area contributed by atoms with Crippen molar-refractivity contribution in [1.29, 1.82) is 0 Å². The highest BCUT2D eigenvalue weighted by Gasteiger charge is 2.14. The SMILES string of the molecule is Nc1c(Cl)cnn1Cc1ccccc1[N+](=O)[O-]. The van der Waals surface area contributed by atoms with E-state index < -0.39 is 4.92 Å². The molecule has 7 heteroatoms. The maximum atomic E-state index is 10.8. The highest BCUT2D eigenvalue weighted by molar-refractivity contribution is 6.32. The van der Waals surface area contributed by atoms with E-state index in [4.69, 9.17) is 17.3 Å². The molecule has 0 amide bonds. The van der Waals surface area contributed by atoms with Gasteiger partial charge in [0.1, 0.15) is 10.8 Å². The van der Waals surface area contributed by atoms with Crippen molar-refractivity contribution in [3.8, 4) is 0 Å².